The summed E-state index contributed by atoms with van der Waals surface area (Å²) < 4.78 is 11.0. The molecule has 1 rings (SSSR count). The highest BCUT2D eigenvalue weighted by Gasteiger charge is 2.09. The smallest absolute Gasteiger partial charge is 0.164 e. The van der Waals surface area contributed by atoms with Crippen LogP contribution in [0.4, 0.5) is 0 Å². The molecule has 2 N–H and O–H groups in total. The fourth-order valence-electron chi connectivity index (χ4n) is 1.47. The van der Waals surface area contributed by atoms with Crippen LogP contribution < -0.4 is 15.2 Å². The van der Waals surface area contributed by atoms with E-state index < -0.39 is 0 Å². The van der Waals surface area contributed by atoms with Crippen LogP contribution in [-0.2, 0) is 6.42 Å². The Morgan fingerprint density at radius 2 is 2.19 bits per heavy atom. The molecule has 1 aromatic rings. The first-order valence-electron chi connectivity index (χ1n) is 5.31. The number of methoxy groups -OCH3 is 1. The number of rotatable bonds is 7. The zero-order valence-corrected chi connectivity index (χ0v) is 10.7. The highest BCUT2D eigenvalue weighted by molar-refractivity contribution is 7.98. The van der Waals surface area contributed by atoms with Crippen molar-refractivity contribution in [3.8, 4) is 11.5 Å². The van der Waals surface area contributed by atoms with Gasteiger partial charge < -0.3 is 15.2 Å². The zero-order valence-electron chi connectivity index (χ0n) is 9.86. The summed E-state index contributed by atoms with van der Waals surface area (Å²) >= 11 is 1.76. The van der Waals surface area contributed by atoms with Crippen molar-refractivity contribution in [2.75, 3.05) is 32.3 Å². The number of hydrogen-bond acceptors (Lipinski definition) is 4. The summed E-state index contributed by atoms with van der Waals surface area (Å²) in [6, 6.07) is 5.91. The summed E-state index contributed by atoms with van der Waals surface area (Å²) in [5, 5.41) is 0. The lowest BCUT2D eigenvalue weighted by Gasteiger charge is -2.14. The summed E-state index contributed by atoms with van der Waals surface area (Å²) in [4.78, 5) is 0. The van der Waals surface area contributed by atoms with Crippen molar-refractivity contribution in [3.05, 3.63) is 23.8 Å². The number of nitrogens with two attached hydrogens (primary N) is 1. The first kappa shape index (κ1) is 13.2. The number of ether oxygens (including phenoxy) is 2. The maximum atomic E-state index is 5.75. The van der Waals surface area contributed by atoms with Gasteiger partial charge in [-0.25, -0.2) is 0 Å². The molecule has 0 aromatic heterocycles. The van der Waals surface area contributed by atoms with Crippen molar-refractivity contribution >= 4 is 11.8 Å². The predicted molar refractivity (Wildman–Crippen MR) is 69.6 cm³/mol. The number of benzene rings is 1. The van der Waals surface area contributed by atoms with Gasteiger partial charge in [0.2, 0.25) is 0 Å². The lowest BCUT2D eigenvalue weighted by atomic mass is 10.1. The average Bonchev–Trinajstić information content (AvgIpc) is 2.31. The molecular weight excluding hydrogens is 222 g/mol. The van der Waals surface area contributed by atoms with Crippen LogP contribution in [0, 0.1) is 0 Å². The molecule has 90 valence electrons. The molecule has 0 spiro atoms. The fraction of sp³-hybridized carbons (Fsp3) is 0.500. The maximum absolute atomic E-state index is 5.75. The summed E-state index contributed by atoms with van der Waals surface area (Å²) in [5.74, 6) is 2.59. The summed E-state index contributed by atoms with van der Waals surface area (Å²) in [5.41, 5.74) is 6.69. The molecule has 4 heteroatoms. The Morgan fingerprint density at radius 3 is 2.81 bits per heavy atom. The third kappa shape index (κ3) is 3.61. The second-order valence-electron chi connectivity index (χ2n) is 3.33. The van der Waals surface area contributed by atoms with Gasteiger partial charge in [-0.3, -0.25) is 0 Å². The minimum Gasteiger partial charge on any atom is -0.493 e. The molecule has 0 saturated heterocycles. The van der Waals surface area contributed by atoms with Crippen molar-refractivity contribution < 1.29 is 9.47 Å². The standard InChI is InChI=1S/C12H19NO2S/c1-14-11-5-3-4-10(6-7-13)12(11)15-8-9-16-2/h3-5H,6-9,13H2,1-2H3. The highest BCUT2D eigenvalue weighted by Crippen LogP contribution is 2.31. The van der Waals surface area contributed by atoms with Gasteiger partial charge in [0.15, 0.2) is 11.5 Å². The lowest BCUT2D eigenvalue weighted by molar-refractivity contribution is 0.310. The van der Waals surface area contributed by atoms with E-state index in [-0.39, 0.29) is 0 Å². The van der Waals surface area contributed by atoms with E-state index in [9.17, 15) is 0 Å². The van der Waals surface area contributed by atoms with Gasteiger partial charge in [0.25, 0.3) is 0 Å². The molecule has 1 aromatic carbocycles. The Labute approximate surface area is 101 Å². The quantitative estimate of drug-likeness (QED) is 0.741. The van der Waals surface area contributed by atoms with Crippen molar-refractivity contribution in [3.63, 3.8) is 0 Å². The van der Waals surface area contributed by atoms with Gasteiger partial charge in [-0.2, -0.15) is 11.8 Å². The van der Waals surface area contributed by atoms with E-state index in [1.807, 2.05) is 18.2 Å². The SMILES string of the molecule is COc1cccc(CCN)c1OCCSC. The maximum Gasteiger partial charge on any atom is 0.164 e. The van der Waals surface area contributed by atoms with Crippen LogP contribution in [-0.4, -0.2) is 32.3 Å². The number of hydrogen-bond donors (Lipinski definition) is 1. The van der Waals surface area contributed by atoms with Crippen LogP contribution >= 0.6 is 11.8 Å². The molecule has 0 aliphatic rings. The Hall–Kier alpha value is -0.870. The van der Waals surface area contributed by atoms with Crippen molar-refractivity contribution in [2.24, 2.45) is 5.73 Å². The Kier molecular flexibility index (Phi) is 6.11. The van der Waals surface area contributed by atoms with Gasteiger partial charge in [0, 0.05) is 5.75 Å². The molecule has 0 heterocycles. The molecular formula is C12H19NO2S. The first-order chi connectivity index (χ1) is 7.83. The molecule has 0 aliphatic heterocycles. The first-order valence-corrected chi connectivity index (χ1v) is 6.70. The minimum atomic E-state index is 0.617. The van der Waals surface area contributed by atoms with Gasteiger partial charge in [-0.15, -0.1) is 0 Å². The average molecular weight is 241 g/mol. The van der Waals surface area contributed by atoms with E-state index in [4.69, 9.17) is 15.2 Å². The second-order valence-corrected chi connectivity index (χ2v) is 4.31. The van der Waals surface area contributed by atoms with E-state index in [0.717, 1.165) is 29.2 Å². The predicted octanol–water partition coefficient (Wildman–Crippen LogP) is 1.94. The monoisotopic (exact) mass is 241 g/mol. The topological polar surface area (TPSA) is 44.5 Å². The van der Waals surface area contributed by atoms with Crippen LogP contribution in [0.2, 0.25) is 0 Å². The van der Waals surface area contributed by atoms with Crippen LogP contribution in [0.1, 0.15) is 5.56 Å². The van der Waals surface area contributed by atoms with Crippen molar-refractivity contribution in [1.29, 1.82) is 0 Å². The molecule has 0 aliphatic carbocycles. The number of para-hydroxylation sites is 1. The third-order valence-corrected chi connectivity index (χ3v) is 2.80. The molecule has 0 radical (unpaired) electrons. The van der Waals surface area contributed by atoms with Gasteiger partial charge in [0.05, 0.1) is 13.7 Å². The Morgan fingerprint density at radius 1 is 1.38 bits per heavy atom. The van der Waals surface area contributed by atoms with Gasteiger partial charge in [-0.1, -0.05) is 12.1 Å². The number of thioether (sulfide) groups is 1. The molecule has 0 unspecified atom stereocenters. The molecule has 0 amide bonds. The van der Waals surface area contributed by atoms with Crippen molar-refractivity contribution in [1.82, 2.24) is 0 Å². The Bertz CT molecular complexity index is 318. The summed E-state index contributed by atoms with van der Waals surface area (Å²) in [6.45, 7) is 1.31. The molecule has 16 heavy (non-hydrogen) atoms. The summed E-state index contributed by atoms with van der Waals surface area (Å²) in [7, 11) is 1.66. The molecule has 0 atom stereocenters. The van der Waals surface area contributed by atoms with Gasteiger partial charge >= 0.3 is 0 Å². The van der Waals surface area contributed by atoms with E-state index >= 15 is 0 Å². The Balaban J connectivity index is 2.81. The van der Waals surface area contributed by atoms with E-state index in [0.29, 0.717) is 13.2 Å². The van der Waals surface area contributed by atoms with E-state index in [1.165, 1.54) is 0 Å². The van der Waals surface area contributed by atoms with Crippen LogP contribution in [0.3, 0.4) is 0 Å². The van der Waals surface area contributed by atoms with Crippen LogP contribution in [0.5, 0.6) is 11.5 Å². The molecule has 0 saturated carbocycles. The van der Waals surface area contributed by atoms with Crippen LogP contribution in [0.25, 0.3) is 0 Å². The second kappa shape index (κ2) is 7.41. The van der Waals surface area contributed by atoms with E-state index in [1.54, 1.807) is 18.9 Å². The molecule has 0 fully saturated rings. The van der Waals surface area contributed by atoms with Crippen molar-refractivity contribution in [2.45, 2.75) is 6.42 Å². The minimum absolute atomic E-state index is 0.617. The third-order valence-electron chi connectivity index (χ3n) is 2.23. The molecule has 3 nitrogen and oxygen atoms in total. The normalized spacial score (nSPS) is 10.2. The zero-order chi connectivity index (χ0) is 11.8. The fourth-order valence-corrected chi connectivity index (χ4v) is 1.72. The highest BCUT2D eigenvalue weighted by atomic mass is 32.2. The van der Waals surface area contributed by atoms with Gasteiger partial charge in [0.1, 0.15) is 0 Å². The van der Waals surface area contributed by atoms with E-state index in [2.05, 4.69) is 6.26 Å². The van der Waals surface area contributed by atoms with Crippen LogP contribution in [0.15, 0.2) is 18.2 Å². The summed E-state index contributed by atoms with van der Waals surface area (Å²) in [6.07, 6.45) is 2.87. The van der Waals surface area contributed by atoms with Gasteiger partial charge in [-0.05, 0) is 30.9 Å². The molecule has 0 bridgehead atoms. The largest absolute Gasteiger partial charge is 0.493 e. The lowest BCUT2D eigenvalue weighted by Crippen LogP contribution is -2.08.